The molecule has 0 radical (unpaired) electrons. The molecule has 4 aromatic heterocycles. The van der Waals surface area contributed by atoms with Crippen LogP contribution in [0.15, 0.2) is 131 Å². The van der Waals surface area contributed by atoms with E-state index in [9.17, 15) is 51.5 Å². The molecule has 12 rings (SSSR count). The third-order valence-electron chi connectivity index (χ3n) is 18.1. The second-order valence-corrected chi connectivity index (χ2v) is 28.1. The van der Waals surface area contributed by atoms with Crippen LogP contribution in [0.2, 0.25) is 0 Å². The topological polar surface area (TPSA) is 219 Å². The van der Waals surface area contributed by atoms with E-state index in [1.165, 1.54) is 25.2 Å². The molecule has 6 amide bonds. The van der Waals surface area contributed by atoms with Crippen molar-refractivity contribution in [2.75, 3.05) is 53.2 Å². The van der Waals surface area contributed by atoms with Gasteiger partial charge < -0.3 is 49.8 Å². The molecule has 4 aliphatic rings. The first kappa shape index (κ1) is 69.4. The van der Waals surface area contributed by atoms with Crippen molar-refractivity contribution in [1.29, 1.82) is 0 Å². The van der Waals surface area contributed by atoms with Gasteiger partial charge in [0.2, 0.25) is 29.5 Å². The summed E-state index contributed by atoms with van der Waals surface area (Å²) >= 11 is 3.09. The number of benzene rings is 4. The third-order valence-corrected chi connectivity index (χ3v) is 19.6. The molecule has 0 saturated carbocycles. The van der Waals surface area contributed by atoms with Crippen LogP contribution in [-0.2, 0) is 90.2 Å². The number of carbonyl (C=O) groups is 8. The Labute approximate surface area is 572 Å². The predicted molar refractivity (Wildman–Crippen MR) is 374 cm³/mol. The number of alkyl halides is 3. The molecular weight excluding hydrogens is 1280 g/mol. The number of fused-ring (bicyclic) bond motifs is 4. The van der Waals surface area contributed by atoms with Crippen LogP contribution in [0.4, 0.5) is 40.7 Å². The van der Waals surface area contributed by atoms with Crippen molar-refractivity contribution in [3.63, 3.8) is 0 Å². The number of nitrogens with one attached hydrogen (secondary N) is 2. The van der Waals surface area contributed by atoms with Crippen molar-refractivity contribution in [2.24, 2.45) is 17.6 Å². The molecule has 8 aromatic rings. The van der Waals surface area contributed by atoms with Gasteiger partial charge in [-0.15, -0.1) is 0 Å². The molecule has 8 heterocycles. The van der Waals surface area contributed by atoms with E-state index in [4.69, 9.17) is 11.8 Å². The van der Waals surface area contributed by atoms with Gasteiger partial charge in [-0.3, -0.25) is 38.0 Å². The molecule has 4 N–H and O–H groups in total. The van der Waals surface area contributed by atoms with Crippen LogP contribution in [-0.4, -0.2) is 113 Å². The van der Waals surface area contributed by atoms with Crippen molar-refractivity contribution in [3.05, 3.63) is 164 Å². The van der Waals surface area contributed by atoms with Crippen LogP contribution < -0.4 is 36.0 Å². The molecule has 0 spiro atoms. The number of hydrogen-bond donors (Lipinski definition) is 3. The highest BCUT2D eigenvalue weighted by Crippen LogP contribution is 2.44. The van der Waals surface area contributed by atoms with E-state index in [1.807, 2.05) is 129 Å². The van der Waals surface area contributed by atoms with Gasteiger partial charge in [0, 0.05) is 91.2 Å². The monoisotopic (exact) mass is 1360 g/mol. The van der Waals surface area contributed by atoms with Crippen LogP contribution in [0.3, 0.4) is 0 Å². The number of anilines is 4. The number of alkyl carbamates (subject to hydrolysis) is 1. The fraction of sp³-hybridized carbons (Fsp3) is 0.405. The third kappa shape index (κ3) is 16.2. The molecule has 2 unspecified atom stereocenters. The smallest absolute Gasteiger partial charge is 0.408 e. The van der Waals surface area contributed by atoms with Gasteiger partial charge in [-0.2, -0.15) is 22.7 Å². The highest BCUT2D eigenvalue weighted by molar-refractivity contribution is 7.08. The molecule has 97 heavy (non-hydrogen) atoms. The maximum absolute atomic E-state index is 14.5. The zero-order valence-corrected chi connectivity index (χ0v) is 57.0. The number of nitrogens with zero attached hydrogens (tertiary/aromatic N) is 6. The Hall–Kier alpha value is -8.93. The lowest BCUT2D eigenvalue weighted by Crippen LogP contribution is -2.59. The molecule has 4 aromatic carbocycles. The number of aromatic nitrogens is 2. The number of thiophene rings is 2. The number of amides is 6. The molecule has 0 bridgehead atoms. The van der Waals surface area contributed by atoms with E-state index in [2.05, 4.69) is 10.6 Å². The summed E-state index contributed by atoms with van der Waals surface area (Å²) in [5.41, 5.74) is 14.2. The van der Waals surface area contributed by atoms with E-state index in [0.29, 0.717) is 56.7 Å². The number of Topliss-reactive ketones (excluding diaryl/α,β-unsaturated/α-hetero) is 2. The standard InChI is InChI=1S/C41H48FN5O6S.C32H33FN4O3S.CH3F/c1-40(2,3)53-39(52)44-41(4,5)38(51)43-31(21-29-24-45(18-16-42)32-12-7-6-11-30(29)32)34(48)22-28-20-27-10-8-13-33(46-17-9-14-35(46)49)36(27)47(37(28)50)23-26-15-19-54-25-26;33-11-13-35-19-24(25-6-1-2-7-27(25)35)16-26(34)29(38)17-23-15-22-5-3-8-28(36-12-4-9-30(36)39)31(22)37(32(23)40)18-21-10-14-41-20-21;1-2/h6-8,10-13,15,19,24-25,28,31H,9,14,16-18,20-23H2,1-5H3,(H,43,51)(H,44,52);1-3,5-8,10,14,19-20,23,26H,4,9,11-13,15-18,34H2;1H3/t28?,31-;23?,26-;/m11./s1/i;;1D. The summed E-state index contributed by atoms with van der Waals surface area (Å²) < 4.78 is 51.2. The van der Waals surface area contributed by atoms with E-state index >= 15 is 0 Å². The van der Waals surface area contributed by atoms with Crippen molar-refractivity contribution >= 4 is 114 Å². The van der Waals surface area contributed by atoms with E-state index < -0.39 is 67.6 Å². The van der Waals surface area contributed by atoms with Crippen LogP contribution >= 0.6 is 22.7 Å². The summed E-state index contributed by atoms with van der Waals surface area (Å²) in [5.74, 6) is -2.71. The van der Waals surface area contributed by atoms with Crippen LogP contribution in [0.25, 0.3) is 21.8 Å². The Bertz CT molecular complexity index is 4210. The highest BCUT2D eigenvalue weighted by atomic mass is 32.1. The summed E-state index contributed by atoms with van der Waals surface area (Å²) in [5, 5.41) is 15.2. The minimum atomic E-state index is -1.47. The van der Waals surface area contributed by atoms with Crippen LogP contribution in [0.5, 0.6) is 0 Å². The second kappa shape index (κ2) is 31.1. The summed E-state index contributed by atoms with van der Waals surface area (Å²) in [6, 6.07) is 28.8. The number of ether oxygens (including phenoxy) is 1. The lowest BCUT2D eigenvalue weighted by molar-refractivity contribution is -0.132. The Morgan fingerprint density at radius 1 is 0.649 bits per heavy atom. The molecular formula is C74H84F3N9O9S2. The number of nitrogens with two attached hydrogens (primary N) is 1. The first-order valence-electron chi connectivity index (χ1n) is 33.4. The summed E-state index contributed by atoms with van der Waals surface area (Å²) in [6.07, 6.45) is 6.32. The zero-order chi connectivity index (χ0) is 70.0. The Morgan fingerprint density at radius 3 is 1.55 bits per heavy atom. The molecule has 18 nitrogen and oxygen atoms in total. The van der Waals surface area contributed by atoms with E-state index in [-0.39, 0.29) is 80.5 Å². The van der Waals surface area contributed by atoms with Gasteiger partial charge in [0.05, 0.1) is 69.5 Å². The number of halogens is 3. The first-order valence-corrected chi connectivity index (χ1v) is 34.6. The SMILES string of the molecule is CC(C)(C)OC(=O)NC(C)(C)C(=O)N[C@H](Cc1cn(CCF)c2ccccc12)C(=O)CC1Cc2cccc(N3CCCC3=O)c2N(Cc2ccsc2)C1=O.N[C@H](Cc1cn(CCF)c2ccccc12)C(=O)CC1Cc2cccc(N3CCCC3=O)c2N(Cc2ccsc2)C1=O.[2H]CF. The van der Waals surface area contributed by atoms with Crippen molar-refractivity contribution < 1.29 is 57.6 Å². The molecule has 4 atom stereocenters. The largest absolute Gasteiger partial charge is 0.444 e. The number of para-hydroxylation sites is 4. The Balaban J connectivity index is 0.000000211. The van der Waals surface area contributed by atoms with E-state index in [0.717, 1.165) is 79.4 Å². The zero-order valence-electron chi connectivity index (χ0n) is 56.3. The maximum Gasteiger partial charge on any atom is 0.408 e. The summed E-state index contributed by atoms with van der Waals surface area (Å²) in [4.78, 5) is 116. The molecule has 23 heteroatoms. The van der Waals surface area contributed by atoms with Gasteiger partial charge in [0.25, 0.3) is 0 Å². The second-order valence-electron chi connectivity index (χ2n) is 26.5. The van der Waals surface area contributed by atoms with Gasteiger partial charge in [0.15, 0.2) is 11.6 Å². The van der Waals surface area contributed by atoms with E-state index in [1.54, 1.807) is 62.5 Å². The fourth-order valence-corrected chi connectivity index (χ4v) is 14.9. The molecule has 4 aliphatic heterocycles. The molecule has 2 saturated heterocycles. The molecule has 2 fully saturated rings. The Kier molecular flexibility index (Phi) is 22.2. The minimum absolute atomic E-state index is 0.0131. The van der Waals surface area contributed by atoms with Crippen molar-refractivity contribution in [1.82, 2.24) is 19.8 Å². The number of hydrogen-bond acceptors (Lipinski definition) is 12. The van der Waals surface area contributed by atoms with Gasteiger partial charge in [-0.1, -0.05) is 60.7 Å². The first-order chi connectivity index (χ1) is 47.0. The average Bonchev–Trinajstić information content (AvgIpc) is 0.941. The molecule has 0 aliphatic carbocycles. The minimum Gasteiger partial charge on any atom is -0.444 e. The lowest BCUT2D eigenvalue weighted by Gasteiger charge is -2.37. The summed E-state index contributed by atoms with van der Waals surface area (Å²) in [7, 11) is -1.00. The highest BCUT2D eigenvalue weighted by Gasteiger charge is 2.42. The number of carbonyl (C=O) groups excluding carboxylic acids is 8. The quantitative estimate of drug-likeness (QED) is 0.0550. The van der Waals surface area contributed by atoms with Gasteiger partial charge in [0.1, 0.15) is 24.5 Å². The summed E-state index contributed by atoms with van der Waals surface area (Å²) in [6.45, 7) is 9.34. The Morgan fingerprint density at radius 2 is 1.11 bits per heavy atom. The predicted octanol–water partition coefficient (Wildman–Crippen LogP) is 12.1. The average molecular weight is 1370 g/mol. The van der Waals surface area contributed by atoms with Crippen molar-refractivity contribution in [2.45, 2.75) is 148 Å². The van der Waals surface area contributed by atoms with Gasteiger partial charge in [-0.05, 0) is 158 Å². The van der Waals surface area contributed by atoms with Gasteiger partial charge in [-0.25, -0.2) is 13.6 Å². The maximum atomic E-state index is 14.5. The fourth-order valence-electron chi connectivity index (χ4n) is 13.6. The van der Waals surface area contributed by atoms with Crippen LogP contribution in [0, 0.1) is 11.8 Å². The van der Waals surface area contributed by atoms with Crippen molar-refractivity contribution in [3.8, 4) is 0 Å². The number of ketones is 2. The van der Waals surface area contributed by atoms with Gasteiger partial charge >= 0.3 is 6.09 Å². The lowest BCUT2D eigenvalue weighted by atomic mass is 9.85. The number of rotatable bonds is 23. The number of aryl methyl sites for hydroxylation is 2. The normalized spacial score (nSPS) is 17.1. The van der Waals surface area contributed by atoms with Crippen LogP contribution in [0.1, 0.15) is 108 Å². The molecule has 512 valence electrons.